The third-order valence-electron chi connectivity index (χ3n) is 3.46. The Hall–Kier alpha value is -2.01. The van der Waals surface area contributed by atoms with Gasteiger partial charge in [0.1, 0.15) is 0 Å². The van der Waals surface area contributed by atoms with Crippen LogP contribution in [0.15, 0.2) is 35.7 Å². The molecule has 0 fully saturated rings. The highest BCUT2D eigenvalue weighted by molar-refractivity contribution is 7.12. The lowest BCUT2D eigenvalue weighted by molar-refractivity contribution is 0.0748. The van der Waals surface area contributed by atoms with Gasteiger partial charge in [0.05, 0.1) is 4.88 Å². The number of hydrogen-bond donors (Lipinski definition) is 1. The molecule has 1 aromatic carbocycles. The molecule has 0 saturated heterocycles. The Morgan fingerprint density at radius 1 is 1.27 bits per heavy atom. The lowest BCUT2D eigenvalue weighted by Gasteiger charge is -2.25. The number of carbonyl (C=O) groups excluding carboxylic acids is 1. The summed E-state index contributed by atoms with van der Waals surface area (Å²) in [6.45, 7) is 3.39. The van der Waals surface area contributed by atoms with E-state index in [0.717, 1.165) is 34.8 Å². The average Bonchev–Trinajstić information content (AvgIpc) is 3.00. The van der Waals surface area contributed by atoms with Crippen molar-refractivity contribution in [1.82, 2.24) is 4.90 Å². The zero-order valence-corrected chi connectivity index (χ0v) is 14.2. The maximum absolute atomic E-state index is 12.7. The number of nitrogens with zero attached hydrogens (tertiary/aromatic N) is 2. The van der Waals surface area contributed by atoms with E-state index in [-0.39, 0.29) is 5.91 Å². The number of hydrogen-bond acceptors (Lipinski definition) is 4. The van der Waals surface area contributed by atoms with Crippen molar-refractivity contribution < 1.29 is 4.79 Å². The Bertz CT molecular complexity index is 623. The van der Waals surface area contributed by atoms with Crippen molar-refractivity contribution in [3.8, 4) is 0 Å². The predicted octanol–water partition coefficient (Wildman–Crippen LogP) is 3.45. The lowest BCUT2D eigenvalue weighted by Crippen LogP contribution is -2.31. The molecular weight excluding hydrogens is 294 g/mol. The summed E-state index contributed by atoms with van der Waals surface area (Å²) in [4.78, 5) is 17.4. The van der Waals surface area contributed by atoms with E-state index in [1.54, 1.807) is 0 Å². The normalized spacial score (nSPS) is 10.5. The van der Waals surface area contributed by atoms with Crippen molar-refractivity contribution in [2.75, 3.05) is 31.3 Å². The van der Waals surface area contributed by atoms with Crippen molar-refractivity contribution in [2.45, 2.75) is 19.9 Å². The second-order valence-corrected chi connectivity index (χ2v) is 6.43. The molecular formula is C17H23N3OS. The van der Waals surface area contributed by atoms with E-state index in [2.05, 4.69) is 11.8 Å². The zero-order chi connectivity index (χ0) is 16.1. The van der Waals surface area contributed by atoms with Gasteiger partial charge in [0.15, 0.2) is 0 Å². The fraction of sp³-hybridized carbons (Fsp3) is 0.353. The molecule has 0 atom stereocenters. The van der Waals surface area contributed by atoms with Gasteiger partial charge in [-0.3, -0.25) is 4.79 Å². The smallest absolute Gasteiger partial charge is 0.264 e. The molecule has 1 heterocycles. The van der Waals surface area contributed by atoms with E-state index in [1.165, 1.54) is 11.3 Å². The zero-order valence-electron chi connectivity index (χ0n) is 13.4. The first kappa shape index (κ1) is 16.4. The Kier molecular flexibility index (Phi) is 5.44. The van der Waals surface area contributed by atoms with Gasteiger partial charge in [-0.15, -0.1) is 11.3 Å². The van der Waals surface area contributed by atoms with Crippen molar-refractivity contribution in [1.29, 1.82) is 0 Å². The standard InChI is InChI=1S/C17H23N3OS/c1-4-9-20(17(21)16-6-5-10-22-16)12-13-11-14(18)7-8-15(13)19(2)3/h5-8,10-11H,4,9,12,18H2,1-3H3. The number of nitrogens with two attached hydrogens (primary N) is 1. The van der Waals surface area contributed by atoms with E-state index < -0.39 is 0 Å². The first-order chi connectivity index (χ1) is 10.5. The molecule has 0 aliphatic carbocycles. The molecule has 5 heteroatoms. The second kappa shape index (κ2) is 7.31. The number of anilines is 2. The summed E-state index contributed by atoms with van der Waals surface area (Å²) in [5, 5.41) is 1.93. The van der Waals surface area contributed by atoms with Gasteiger partial charge in [0.2, 0.25) is 0 Å². The SMILES string of the molecule is CCCN(Cc1cc(N)ccc1N(C)C)C(=O)c1cccs1. The topological polar surface area (TPSA) is 49.6 Å². The Morgan fingerprint density at radius 2 is 2.05 bits per heavy atom. The van der Waals surface area contributed by atoms with Crippen LogP contribution in [0.2, 0.25) is 0 Å². The molecule has 2 rings (SSSR count). The lowest BCUT2D eigenvalue weighted by atomic mass is 10.1. The fourth-order valence-electron chi connectivity index (χ4n) is 2.45. The summed E-state index contributed by atoms with van der Waals surface area (Å²) in [6, 6.07) is 9.64. The monoisotopic (exact) mass is 317 g/mol. The van der Waals surface area contributed by atoms with E-state index in [1.807, 2.05) is 54.7 Å². The molecule has 1 amide bonds. The van der Waals surface area contributed by atoms with Crippen LogP contribution >= 0.6 is 11.3 Å². The first-order valence-corrected chi connectivity index (χ1v) is 8.29. The van der Waals surface area contributed by atoms with Crippen LogP contribution in [0.5, 0.6) is 0 Å². The van der Waals surface area contributed by atoms with Crippen LogP contribution in [-0.4, -0.2) is 31.4 Å². The van der Waals surface area contributed by atoms with Gasteiger partial charge < -0.3 is 15.5 Å². The van der Waals surface area contributed by atoms with E-state index in [9.17, 15) is 4.79 Å². The van der Waals surface area contributed by atoms with E-state index in [4.69, 9.17) is 5.73 Å². The minimum atomic E-state index is 0.0870. The Morgan fingerprint density at radius 3 is 2.64 bits per heavy atom. The Labute approximate surface area is 136 Å². The molecule has 2 aromatic rings. The van der Waals surface area contributed by atoms with E-state index >= 15 is 0 Å². The molecule has 0 bridgehead atoms. The van der Waals surface area contributed by atoms with Crippen LogP contribution < -0.4 is 10.6 Å². The first-order valence-electron chi connectivity index (χ1n) is 7.41. The average molecular weight is 317 g/mol. The van der Waals surface area contributed by atoms with Crippen LogP contribution in [0.3, 0.4) is 0 Å². The Balaban J connectivity index is 2.28. The summed E-state index contributed by atoms with van der Waals surface area (Å²) in [5.74, 6) is 0.0870. The summed E-state index contributed by atoms with van der Waals surface area (Å²) >= 11 is 1.48. The highest BCUT2D eigenvalue weighted by atomic mass is 32.1. The van der Waals surface area contributed by atoms with Gasteiger partial charge in [-0.1, -0.05) is 13.0 Å². The molecule has 1 aromatic heterocycles. The number of amides is 1. The van der Waals surface area contributed by atoms with Gasteiger partial charge in [-0.25, -0.2) is 0 Å². The number of nitrogen functional groups attached to an aromatic ring is 1. The molecule has 0 aliphatic heterocycles. The minimum absolute atomic E-state index is 0.0870. The van der Waals surface area contributed by atoms with Gasteiger partial charge in [-0.05, 0) is 41.6 Å². The van der Waals surface area contributed by atoms with Gasteiger partial charge in [0, 0.05) is 38.6 Å². The summed E-state index contributed by atoms with van der Waals surface area (Å²) < 4.78 is 0. The highest BCUT2D eigenvalue weighted by Gasteiger charge is 2.18. The summed E-state index contributed by atoms with van der Waals surface area (Å²) in [6.07, 6.45) is 0.927. The maximum atomic E-state index is 12.7. The molecule has 0 aliphatic rings. The fourth-order valence-corrected chi connectivity index (χ4v) is 3.14. The molecule has 118 valence electrons. The van der Waals surface area contributed by atoms with Crippen molar-refractivity contribution in [3.63, 3.8) is 0 Å². The van der Waals surface area contributed by atoms with Crippen molar-refractivity contribution in [2.24, 2.45) is 0 Å². The van der Waals surface area contributed by atoms with Gasteiger partial charge >= 0.3 is 0 Å². The third kappa shape index (κ3) is 3.80. The molecule has 4 nitrogen and oxygen atoms in total. The van der Waals surface area contributed by atoms with Crippen LogP contribution in [-0.2, 0) is 6.54 Å². The molecule has 0 radical (unpaired) electrons. The predicted molar refractivity (Wildman–Crippen MR) is 94.5 cm³/mol. The third-order valence-corrected chi connectivity index (χ3v) is 4.32. The van der Waals surface area contributed by atoms with Crippen molar-refractivity contribution in [3.05, 3.63) is 46.2 Å². The van der Waals surface area contributed by atoms with E-state index in [0.29, 0.717) is 6.54 Å². The molecule has 0 unspecified atom stereocenters. The molecule has 0 spiro atoms. The molecule has 22 heavy (non-hydrogen) atoms. The van der Waals surface area contributed by atoms with Gasteiger partial charge in [-0.2, -0.15) is 0 Å². The van der Waals surface area contributed by atoms with Crippen LogP contribution in [0.25, 0.3) is 0 Å². The van der Waals surface area contributed by atoms with Crippen LogP contribution in [0.4, 0.5) is 11.4 Å². The van der Waals surface area contributed by atoms with Crippen LogP contribution in [0, 0.1) is 0 Å². The number of benzene rings is 1. The quantitative estimate of drug-likeness (QED) is 0.830. The largest absolute Gasteiger partial charge is 0.399 e. The summed E-state index contributed by atoms with van der Waals surface area (Å²) in [7, 11) is 4.00. The van der Waals surface area contributed by atoms with Crippen LogP contribution in [0.1, 0.15) is 28.6 Å². The molecule has 2 N–H and O–H groups in total. The van der Waals surface area contributed by atoms with Crippen molar-refractivity contribution >= 4 is 28.6 Å². The maximum Gasteiger partial charge on any atom is 0.264 e. The number of carbonyl (C=O) groups is 1. The number of thiophene rings is 1. The molecule has 0 saturated carbocycles. The summed E-state index contributed by atoms with van der Waals surface area (Å²) in [5.41, 5.74) is 8.82. The van der Waals surface area contributed by atoms with Gasteiger partial charge in [0.25, 0.3) is 5.91 Å². The highest BCUT2D eigenvalue weighted by Crippen LogP contribution is 2.24. The second-order valence-electron chi connectivity index (χ2n) is 5.49. The number of rotatable bonds is 6. The minimum Gasteiger partial charge on any atom is -0.399 e.